The second-order valence-electron chi connectivity index (χ2n) is 9.18. The zero-order valence-corrected chi connectivity index (χ0v) is 20.8. The number of nitrogens with one attached hydrogen (secondary N) is 1. The van der Waals surface area contributed by atoms with Crippen LogP contribution in [0.1, 0.15) is 26.3 Å². The van der Waals surface area contributed by atoms with E-state index in [1.165, 1.54) is 28.6 Å². The fourth-order valence-electron chi connectivity index (χ4n) is 3.69. The molecular formula is C22H30F3N3O4S2. The highest BCUT2D eigenvalue weighted by Crippen LogP contribution is 2.39. The van der Waals surface area contributed by atoms with Gasteiger partial charge in [-0.3, -0.25) is 0 Å². The van der Waals surface area contributed by atoms with Crippen LogP contribution in [0.4, 0.5) is 18.9 Å². The minimum Gasteiger partial charge on any atom is -0.394 e. The topological polar surface area (TPSA) is 93.1 Å². The summed E-state index contributed by atoms with van der Waals surface area (Å²) in [6, 6.07) is 8.36. The third kappa shape index (κ3) is 5.58. The molecule has 0 amide bonds. The van der Waals surface area contributed by atoms with Gasteiger partial charge in [-0.25, -0.2) is 8.42 Å². The van der Waals surface area contributed by atoms with Gasteiger partial charge in [0, 0.05) is 37.4 Å². The lowest BCUT2D eigenvalue weighted by Gasteiger charge is -2.43. The van der Waals surface area contributed by atoms with Crippen molar-refractivity contribution in [3.05, 3.63) is 47.3 Å². The predicted molar refractivity (Wildman–Crippen MR) is 125 cm³/mol. The number of alkyl halides is 3. The first-order valence-electron chi connectivity index (χ1n) is 10.7. The Labute approximate surface area is 201 Å². The lowest BCUT2D eigenvalue weighted by molar-refractivity contribution is -0.258. The molecule has 0 radical (unpaired) electrons. The number of anilines is 1. The summed E-state index contributed by atoms with van der Waals surface area (Å²) >= 11 is 1.14. The zero-order chi connectivity index (χ0) is 25.4. The highest BCUT2D eigenvalue weighted by molar-refractivity contribution is 7.91. The lowest BCUT2D eigenvalue weighted by atomic mass is 9.95. The van der Waals surface area contributed by atoms with E-state index < -0.39 is 27.3 Å². The number of benzene rings is 1. The van der Waals surface area contributed by atoms with E-state index in [9.17, 15) is 31.8 Å². The van der Waals surface area contributed by atoms with Crippen LogP contribution < -0.4 is 10.2 Å². The standard InChI is InChI=1S/C22H30F3N3O4S2/c1-20(2,15-29)26-13-18-14-27(34(31,32)19-5-4-12-33-19)10-11-28(18)17-8-6-16(7-9-17)21(3,30)22(23,24)25/h4-9,12,18,26,29-30H,10-11,13-15H2,1-3H3/t18-,21-/m1/s1. The van der Waals surface area contributed by atoms with E-state index in [1.807, 2.05) is 18.7 Å². The Morgan fingerprint density at radius 2 is 1.76 bits per heavy atom. The van der Waals surface area contributed by atoms with Crippen molar-refractivity contribution in [3.8, 4) is 0 Å². The molecular weight excluding hydrogens is 491 g/mol. The van der Waals surface area contributed by atoms with Gasteiger partial charge in [0.15, 0.2) is 5.60 Å². The Hall–Kier alpha value is -1.70. The maximum Gasteiger partial charge on any atom is 0.421 e. The van der Waals surface area contributed by atoms with Gasteiger partial charge >= 0.3 is 6.18 Å². The SMILES string of the molecule is CC(C)(CO)NC[C@@H]1CN(S(=O)(=O)c2cccs2)CCN1c1ccc([C@@](C)(O)C(F)(F)F)cc1. The molecule has 1 aliphatic heterocycles. The third-order valence-corrected chi connectivity index (χ3v) is 9.30. The summed E-state index contributed by atoms with van der Waals surface area (Å²) in [5.41, 5.74) is -3.25. The monoisotopic (exact) mass is 521 g/mol. The molecule has 7 nitrogen and oxygen atoms in total. The van der Waals surface area contributed by atoms with E-state index in [0.717, 1.165) is 11.3 Å². The first kappa shape index (κ1) is 26.9. The van der Waals surface area contributed by atoms with Crippen molar-refractivity contribution in [2.45, 2.75) is 48.3 Å². The lowest BCUT2D eigenvalue weighted by Crippen LogP contribution is -2.60. The molecule has 34 heavy (non-hydrogen) atoms. The molecule has 0 bridgehead atoms. The van der Waals surface area contributed by atoms with E-state index in [0.29, 0.717) is 25.7 Å². The Morgan fingerprint density at radius 3 is 2.29 bits per heavy atom. The molecule has 0 spiro atoms. The summed E-state index contributed by atoms with van der Waals surface area (Å²) in [6.07, 6.45) is -4.82. The van der Waals surface area contributed by atoms with Gasteiger partial charge < -0.3 is 20.4 Å². The Morgan fingerprint density at radius 1 is 1.12 bits per heavy atom. The van der Waals surface area contributed by atoms with Crippen molar-refractivity contribution in [3.63, 3.8) is 0 Å². The zero-order valence-electron chi connectivity index (χ0n) is 19.2. The largest absolute Gasteiger partial charge is 0.421 e. The number of nitrogens with zero attached hydrogens (tertiary/aromatic N) is 2. The normalized spacial score (nSPS) is 20.4. The molecule has 3 rings (SSSR count). The number of aliphatic hydroxyl groups excluding tert-OH is 1. The smallest absolute Gasteiger partial charge is 0.394 e. The van der Waals surface area contributed by atoms with Crippen LogP contribution in [-0.4, -0.2) is 73.5 Å². The molecule has 0 aliphatic carbocycles. The van der Waals surface area contributed by atoms with Gasteiger partial charge in [0.1, 0.15) is 4.21 Å². The van der Waals surface area contributed by atoms with E-state index >= 15 is 0 Å². The van der Waals surface area contributed by atoms with Crippen molar-refractivity contribution in [2.75, 3.05) is 37.7 Å². The van der Waals surface area contributed by atoms with Crippen LogP contribution in [0.15, 0.2) is 46.0 Å². The van der Waals surface area contributed by atoms with Gasteiger partial charge in [-0.05, 0) is 49.9 Å². The average Bonchev–Trinajstić information content (AvgIpc) is 3.33. The Bertz CT molecular complexity index is 1060. The number of piperazine rings is 1. The molecule has 12 heteroatoms. The molecule has 1 aromatic heterocycles. The number of aliphatic hydroxyl groups is 2. The third-order valence-electron chi connectivity index (χ3n) is 6.06. The van der Waals surface area contributed by atoms with Crippen LogP contribution >= 0.6 is 11.3 Å². The highest BCUT2D eigenvalue weighted by atomic mass is 32.2. The summed E-state index contributed by atoms with van der Waals surface area (Å²) in [5, 5.41) is 24.5. The fraction of sp³-hybridized carbons (Fsp3) is 0.545. The minimum atomic E-state index is -4.82. The summed E-state index contributed by atoms with van der Waals surface area (Å²) in [5.74, 6) is 0. The quantitative estimate of drug-likeness (QED) is 0.495. The molecule has 190 valence electrons. The van der Waals surface area contributed by atoms with Crippen LogP contribution in [0.3, 0.4) is 0 Å². The van der Waals surface area contributed by atoms with E-state index in [1.54, 1.807) is 17.5 Å². The molecule has 0 unspecified atom stereocenters. The van der Waals surface area contributed by atoms with Gasteiger partial charge in [0.2, 0.25) is 0 Å². The first-order chi connectivity index (χ1) is 15.7. The van der Waals surface area contributed by atoms with Crippen LogP contribution in [0, 0.1) is 0 Å². The number of sulfonamides is 1. The molecule has 1 aromatic carbocycles. The minimum absolute atomic E-state index is 0.127. The van der Waals surface area contributed by atoms with E-state index in [-0.39, 0.29) is 35.5 Å². The number of thiophene rings is 1. The predicted octanol–water partition coefficient (Wildman–Crippen LogP) is 2.76. The maximum absolute atomic E-state index is 13.2. The van der Waals surface area contributed by atoms with Crippen molar-refractivity contribution >= 4 is 27.0 Å². The summed E-state index contributed by atoms with van der Waals surface area (Å²) < 4.78 is 67.4. The van der Waals surface area contributed by atoms with Crippen molar-refractivity contribution in [1.82, 2.24) is 9.62 Å². The number of hydrogen-bond donors (Lipinski definition) is 3. The first-order valence-corrected chi connectivity index (χ1v) is 13.1. The number of rotatable bonds is 8. The van der Waals surface area contributed by atoms with Gasteiger partial charge in [-0.1, -0.05) is 18.2 Å². The van der Waals surface area contributed by atoms with Crippen LogP contribution in [0.5, 0.6) is 0 Å². The Kier molecular flexibility index (Phi) is 7.71. The Balaban J connectivity index is 1.87. The second-order valence-corrected chi connectivity index (χ2v) is 12.3. The summed E-state index contributed by atoms with van der Waals surface area (Å²) in [4.78, 5) is 1.94. The average molecular weight is 522 g/mol. The maximum atomic E-state index is 13.2. The van der Waals surface area contributed by atoms with Gasteiger partial charge in [0.25, 0.3) is 10.0 Å². The molecule has 1 aliphatic rings. The number of hydrogen-bond acceptors (Lipinski definition) is 7. The number of halogens is 3. The highest BCUT2D eigenvalue weighted by Gasteiger charge is 2.51. The van der Waals surface area contributed by atoms with Crippen molar-refractivity contribution < 1.29 is 31.8 Å². The molecule has 1 saturated heterocycles. The molecule has 3 N–H and O–H groups in total. The molecule has 0 saturated carbocycles. The van der Waals surface area contributed by atoms with Crippen LogP contribution in [-0.2, 0) is 15.6 Å². The summed E-state index contributed by atoms with van der Waals surface area (Å²) in [6.45, 7) is 5.25. The van der Waals surface area contributed by atoms with Crippen LogP contribution in [0.2, 0.25) is 0 Å². The fourth-order valence-corrected chi connectivity index (χ4v) is 6.30. The van der Waals surface area contributed by atoms with Gasteiger partial charge in [-0.2, -0.15) is 17.5 Å². The van der Waals surface area contributed by atoms with Crippen molar-refractivity contribution in [1.29, 1.82) is 0 Å². The van der Waals surface area contributed by atoms with E-state index in [4.69, 9.17) is 0 Å². The van der Waals surface area contributed by atoms with Gasteiger partial charge in [0.05, 0.1) is 12.6 Å². The summed E-state index contributed by atoms with van der Waals surface area (Å²) in [7, 11) is -3.67. The molecule has 2 atom stereocenters. The van der Waals surface area contributed by atoms with Crippen LogP contribution in [0.25, 0.3) is 0 Å². The molecule has 2 aromatic rings. The van der Waals surface area contributed by atoms with Gasteiger partial charge in [-0.15, -0.1) is 11.3 Å². The molecule has 1 fully saturated rings. The second kappa shape index (κ2) is 9.75. The molecule has 2 heterocycles. The van der Waals surface area contributed by atoms with E-state index in [2.05, 4.69) is 5.32 Å². The van der Waals surface area contributed by atoms with Crippen molar-refractivity contribution in [2.24, 2.45) is 0 Å².